The van der Waals surface area contributed by atoms with Gasteiger partial charge in [-0.1, -0.05) is 42.5 Å². The maximum absolute atomic E-state index is 10.3. The van der Waals surface area contributed by atoms with E-state index in [2.05, 4.69) is 13.8 Å². The zero-order valence-corrected chi connectivity index (χ0v) is 15.8. The Morgan fingerprint density at radius 1 is 0.885 bits per heavy atom. The van der Waals surface area contributed by atoms with Crippen LogP contribution in [0.25, 0.3) is 0 Å². The molecule has 2 heterocycles. The van der Waals surface area contributed by atoms with Crippen LogP contribution in [0.1, 0.15) is 75.2 Å². The molecule has 0 N–H and O–H groups in total. The lowest BCUT2D eigenvalue weighted by Gasteiger charge is -2.43. The smallest absolute Gasteiger partial charge is 0.302 e. The van der Waals surface area contributed by atoms with Crippen LogP contribution in [0.4, 0.5) is 0 Å². The van der Waals surface area contributed by atoms with Crippen LogP contribution in [0.2, 0.25) is 0 Å². The maximum atomic E-state index is 10.3. The summed E-state index contributed by atoms with van der Waals surface area (Å²) in [6.45, 7) is 12.3. The van der Waals surface area contributed by atoms with Crippen molar-refractivity contribution in [3.05, 3.63) is 0 Å². The lowest BCUT2D eigenvalue weighted by Crippen LogP contribution is -2.52. The SMILES string of the molecule is C.C.CCC(CC)OC(C)=O.CCC1OCC2(CO1)COC(CC)OC2. The molecule has 0 atom stereocenters. The van der Waals surface area contributed by atoms with E-state index in [9.17, 15) is 4.79 Å². The molecule has 6 nitrogen and oxygen atoms in total. The minimum Gasteiger partial charge on any atom is -0.463 e. The van der Waals surface area contributed by atoms with Gasteiger partial charge in [-0.3, -0.25) is 4.79 Å². The third-order valence-corrected chi connectivity index (χ3v) is 4.21. The maximum Gasteiger partial charge on any atom is 0.302 e. The molecule has 0 amide bonds. The summed E-state index contributed by atoms with van der Waals surface area (Å²) in [6.07, 6.45) is 3.67. The van der Waals surface area contributed by atoms with Crippen LogP contribution in [0.3, 0.4) is 0 Å². The summed E-state index contributed by atoms with van der Waals surface area (Å²) in [7, 11) is 0. The first-order chi connectivity index (χ1) is 11.5. The highest BCUT2D eigenvalue weighted by Gasteiger charge is 2.41. The summed E-state index contributed by atoms with van der Waals surface area (Å²) in [5, 5.41) is 0. The fourth-order valence-corrected chi connectivity index (χ4v) is 2.59. The number of esters is 1. The molecule has 2 aliphatic rings. The average Bonchev–Trinajstić information content (AvgIpc) is 2.61. The molecule has 0 aliphatic carbocycles. The van der Waals surface area contributed by atoms with E-state index in [4.69, 9.17) is 23.7 Å². The van der Waals surface area contributed by atoms with Crippen molar-refractivity contribution in [1.29, 1.82) is 0 Å². The highest BCUT2D eigenvalue weighted by atomic mass is 16.7. The number of ether oxygens (including phenoxy) is 5. The Hall–Kier alpha value is -0.690. The first kappa shape index (κ1) is 27.5. The Balaban J connectivity index is 0. The van der Waals surface area contributed by atoms with Crippen molar-refractivity contribution in [1.82, 2.24) is 0 Å². The Morgan fingerprint density at radius 3 is 1.42 bits per heavy atom. The van der Waals surface area contributed by atoms with Crippen molar-refractivity contribution in [2.45, 2.75) is 93.8 Å². The molecule has 0 unspecified atom stereocenters. The lowest BCUT2D eigenvalue weighted by atomic mass is 9.90. The van der Waals surface area contributed by atoms with Gasteiger partial charge in [0.2, 0.25) is 0 Å². The molecule has 0 aromatic heterocycles. The van der Waals surface area contributed by atoms with Crippen molar-refractivity contribution < 1.29 is 28.5 Å². The second kappa shape index (κ2) is 14.4. The van der Waals surface area contributed by atoms with Gasteiger partial charge in [0.25, 0.3) is 0 Å². The molecule has 2 aliphatic heterocycles. The summed E-state index contributed by atoms with van der Waals surface area (Å²) in [5.41, 5.74) is -0.0721. The largest absolute Gasteiger partial charge is 0.463 e. The Morgan fingerprint density at radius 2 is 1.23 bits per heavy atom. The van der Waals surface area contributed by atoms with Crippen molar-refractivity contribution in [2.24, 2.45) is 5.41 Å². The standard InChI is InChI=1S/C11H20O4.C7H14O2.2CH4/c1-3-9-12-5-11(6-13-9)7-14-10(4-2)15-8-11;1-4-7(5-2)9-6(3)8;;/h9-10H,3-8H2,1-2H3;7H,4-5H2,1-3H3;2*1H4. The average molecular weight is 379 g/mol. The molecule has 2 saturated heterocycles. The molecule has 0 saturated carbocycles. The predicted molar refractivity (Wildman–Crippen MR) is 104 cm³/mol. The van der Waals surface area contributed by atoms with Crippen molar-refractivity contribution >= 4 is 5.97 Å². The minimum absolute atomic E-state index is 0. The number of rotatable bonds is 5. The quantitative estimate of drug-likeness (QED) is 0.654. The van der Waals surface area contributed by atoms with E-state index in [0.29, 0.717) is 26.4 Å². The normalized spacial score (nSPS) is 27.6. The molecular weight excluding hydrogens is 336 g/mol. The Bertz CT molecular complexity index is 315. The first-order valence-electron chi connectivity index (χ1n) is 9.12. The first-order valence-corrected chi connectivity index (χ1v) is 9.12. The van der Waals surface area contributed by atoms with Gasteiger partial charge in [0.15, 0.2) is 12.6 Å². The topological polar surface area (TPSA) is 63.2 Å². The van der Waals surface area contributed by atoms with Crippen LogP contribution in [0.5, 0.6) is 0 Å². The lowest BCUT2D eigenvalue weighted by molar-refractivity contribution is -0.302. The van der Waals surface area contributed by atoms with Crippen molar-refractivity contribution in [2.75, 3.05) is 26.4 Å². The number of hydrogen-bond acceptors (Lipinski definition) is 6. The molecule has 6 heteroatoms. The molecule has 2 rings (SSSR count). The van der Waals surface area contributed by atoms with E-state index < -0.39 is 0 Å². The van der Waals surface area contributed by atoms with Crippen LogP contribution in [-0.2, 0) is 28.5 Å². The minimum atomic E-state index is -0.177. The van der Waals surface area contributed by atoms with E-state index in [-0.39, 0.29) is 44.9 Å². The van der Waals surface area contributed by atoms with E-state index in [0.717, 1.165) is 25.7 Å². The van der Waals surface area contributed by atoms with Gasteiger partial charge in [0.05, 0.1) is 31.8 Å². The second-order valence-electron chi connectivity index (χ2n) is 6.47. The summed E-state index contributed by atoms with van der Waals surface area (Å²) in [5.74, 6) is -0.177. The van der Waals surface area contributed by atoms with E-state index in [1.807, 2.05) is 13.8 Å². The van der Waals surface area contributed by atoms with Crippen LogP contribution < -0.4 is 0 Å². The van der Waals surface area contributed by atoms with Gasteiger partial charge in [-0.05, 0) is 25.7 Å². The molecule has 0 aromatic carbocycles. The molecule has 1 spiro atoms. The molecule has 0 bridgehead atoms. The summed E-state index contributed by atoms with van der Waals surface area (Å²) in [4.78, 5) is 10.3. The van der Waals surface area contributed by atoms with Gasteiger partial charge in [-0.15, -0.1) is 0 Å². The predicted octanol–water partition coefficient (Wildman–Crippen LogP) is 4.55. The summed E-state index contributed by atoms with van der Waals surface area (Å²) < 4.78 is 27.3. The molecule has 26 heavy (non-hydrogen) atoms. The highest BCUT2D eigenvalue weighted by molar-refractivity contribution is 5.66. The van der Waals surface area contributed by atoms with Gasteiger partial charge >= 0.3 is 5.97 Å². The van der Waals surface area contributed by atoms with Crippen LogP contribution >= 0.6 is 0 Å². The highest BCUT2D eigenvalue weighted by Crippen LogP contribution is 2.31. The third kappa shape index (κ3) is 9.31. The van der Waals surface area contributed by atoms with Gasteiger partial charge in [-0.2, -0.15) is 0 Å². The molecule has 158 valence electrons. The van der Waals surface area contributed by atoms with E-state index >= 15 is 0 Å². The van der Waals surface area contributed by atoms with E-state index in [1.54, 1.807) is 0 Å². The zero-order valence-electron chi connectivity index (χ0n) is 15.8. The van der Waals surface area contributed by atoms with Gasteiger partial charge in [-0.25, -0.2) is 0 Å². The van der Waals surface area contributed by atoms with E-state index in [1.165, 1.54) is 6.92 Å². The monoisotopic (exact) mass is 378 g/mol. The zero-order chi connectivity index (χ0) is 18.0. The van der Waals surface area contributed by atoms with Crippen molar-refractivity contribution in [3.8, 4) is 0 Å². The number of carbonyl (C=O) groups is 1. The van der Waals surface area contributed by atoms with Crippen LogP contribution in [0.15, 0.2) is 0 Å². The summed E-state index contributed by atoms with van der Waals surface area (Å²) in [6, 6.07) is 0. The molecule has 0 aromatic rings. The molecule has 2 fully saturated rings. The Labute approximate surface area is 160 Å². The van der Waals surface area contributed by atoms with Gasteiger partial charge in [0, 0.05) is 6.92 Å². The van der Waals surface area contributed by atoms with Gasteiger partial charge < -0.3 is 23.7 Å². The van der Waals surface area contributed by atoms with Gasteiger partial charge in [0.1, 0.15) is 6.10 Å². The third-order valence-electron chi connectivity index (χ3n) is 4.21. The van der Waals surface area contributed by atoms with Crippen LogP contribution in [0, 0.1) is 5.41 Å². The molecular formula is C20H42O6. The van der Waals surface area contributed by atoms with Crippen molar-refractivity contribution in [3.63, 3.8) is 0 Å². The second-order valence-corrected chi connectivity index (χ2v) is 6.47. The molecule has 0 radical (unpaired) electrons. The fraction of sp³-hybridized carbons (Fsp3) is 0.950. The van der Waals surface area contributed by atoms with Crippen LogP contribution in [-0.4, -0.2) is 51.1 Å². The number of carbonyl (C=O) groups excluding carboxylic acids is 1. The summed E-state index contributed by atoms with van der Waals surface area (Å²) >= 11 is 0. The fourth-order valence-electron chi connectivity index (χ4n) is 2.59. The number of hydrogen-bond donors (Lipinski definition) is 0. The Kier molecular flexibility index (Phi) is 15.2.